The standard InChI is InChI=1S/C9H9BrN4OS/c10-6-1-7(3-12-2-6)15-5-8-4-13-9(14-11)16-8/h1-4H,5,11H2,(H,13,14). The van der Waals surface area contributed by atoms with E-state index >= 15 is 0 Å². The second-order valence-electron chi connectivity index (χ2n) is 2.90. The van der Waals surface area contributed by atoms with Gasteiger partial charge in [-0.1, -0.05) is 11.3 Å². The van der Waals surface area contributed by atoms with E-state index in [1.54, 1.807) is 18.6 Å². The Balaban J connectivity index is 1.96. The third-order valence-corrected chi connectivity index (χ3v) is 3.07. The van der Waals surface area contributed by atoms with Crippen LogP contribution < -0.4 is 16.0 Å². The summed E-state index contributed by atoms with van der Waals surface area (Å²) in [6.07, 6.45) is 5.09. The van der Waals surface area contributed by atoms with Crippen molar-refractivity contribution >= 4 is 32.4 Å². The molecule has 0 aliphatic carbocycles. The van der Waals surface area contributed by atoms with Crippen LogP contribution >= 0.6 is 27.3 Å². The lowest BCUT2D eigenvalue weighted by Crippen LogP contribution is -2.05. The first-order chi connectivity index (χ1) is 7.78. The van der Waals surface area contributed by atoms with Crippen molar-refractivity contribution in [3.05, 3.63) is 34.0 Å². The maximum absolute atomic E-state index is 5.54. The maximum Gasteiger partial charge on any atom is 0.197 e. The van der Waals surface area contributed by atoms with E-state index < -0.39 is 0 Å². The Morgan fingerprint density at radius 1 is 1.44 bits per heavy atom. The fourth-order valence-electron chi connectivity index (χ4n) is 1.07. The molecule has 0 bridgehead atoms. The van der Waals surface area contributed by atoms with Crippen molar-refractivity contribution in [1.82, 2.24) is 9.97 Å². The molecule has 0 spiro atoms. The molecule has 0 saturated heterocycles. The molecule has 7 heteroatoms. The summed E-state index contributed by atoms with van der Waals surface area (Å²) in [5.74, 6) is 5.94. The Bertz CT molecular complexity index is 476. The average Bonchev–Trinajstić information content (AvgIpc) is 2.74. The van der Waals surface area contributed by atoms with Crippen LogP contribution in [0.25, 0.3) is 0 Å². The van der Waals surface area contributed by atoms with Crippen molar-refractivity contribution in [3.8, 4) is 5.75 Å². The lowest BCUT2D eigenvalue weighted by atomic mass is 10.4. The minimum Gasteiger partial charge on any atom is -0.486 e. The Morgan fingerprint density at radius 3 is 3.00 bits per heavy atom. The first kappa shape index (κ1) is 11.3. The Kier molecular flexibility index (Phi) is 3.70. The van der Waals surface area contributed by atoms with E-state index in [1.807, 2.05) is 6.07 Å². The number of halogens is 1. The highest BCUT2D eigenvalue weighted by Crippen LogP contribution is 2.20. The number of rotatable bonds is 4. The Hall–Kier alpha value is -1.18. The van der Waals surface area contributed by atoms with Crippen LogP contribution in [0.15, 0.2) is 29.1 Å². The van der Waals surface area contributed by atoms with Gasteiger partial charge in [-0.15, -0.1) is 0 Å². The van der Waals surface area contributed by atoms with E-state index in [2.05, 4.69) is 31.3 Å². The molecule has 16 heavy (non-hydrogen) atoms. The van der Waals surface area contributed by atoms with Gasteiger partial charge in [0.25, 0.3) is 0 Å². The highest BCUT2D eigenvalue weighted by Gasteiger charge is 2.02. The van der Waals surface area contributed by atoms with Crippen LogP contribution in [-0.2, 0) is 6.61 Å². The smallest absolute Gasteiger partial charge is 0.197 e. The number of hydrazine groups is 1. The monoisotopic (exact) mass is 300 g/mol. The van der Waals surface area contributed by atoms with Crippen molar-refractivity contribution in [3.63, 3.8) is 0 Å². The van der Waals surface area contributed by atoms with Gasteiger partial charge < -0.3 is 4.74 Å². The van der Waals surface area contributed by atoms with E-state index in [4.69, 9.17) is 10.6 Å². The third-order valence-electron chi connectivity index (χ3n) is 1.74. The summed E-state index contributed by atoms with van der Waals surface area (Å²) < 4.78 is 6.43. The lowest BCUT2D eigenvalue weighted by molar-refractivity contribution is 0.308. The first-order valence-electron chi connectivity index (χ1n) is 4.42. The van der Waals surface area contributed by atoms with E-state index in [0.717, 1.165) is 9.35 Å². The normalized spacial score (nSPS) is 10.1. The minimum absolute atomic E-state index is 0.456. The number of hydrogen-bond donors (Lipinski definition) is 2. The van der Waals surface area contributed by atoms with E-state index in [0.29, 0.717) is 17.5 Å². The van der Waals surface area contributed by atoms with Crippen LogP contribution in [0.1, 0.15) is 4.88 Å². The van der Waals surface area contributed by atoms with Gasteiger partial charge in [0, 0.05) is 16.9 Å². The van der Waals surface area contributed by atoms with Gasteiger partial charge in [-0.3, -0.25) is 10.4 Å². The lowest BCUT2D eigenvalue weighted by Gasteiger charge is -2.03. The fraction of sp³-hybridized carbons (Fsp3) is 0.111. The highest BCUT2D eigenvalue weighted by molar-refractivity contribution is 9.10. The molecular weight excluding hydrogens is 292 g/mol. The number of nitrogen functional groups attached to an aromatic ring is 1. The topological polar surface area (TPSA) is 73.1 Å². The molecule has 0 amide bonds. The highest BCUT2D eigenvalue weighted by atomic mass is 79.9. The van der Waals surface area contributed by atoms with Gasteiger partial charge in [0.2, 0.25) is 0 Å². The number of hydrogen-bond acceptors (Lipinski definition) is 6. The van der Waals surface area contributed by atoms with Gasteiger partial charge in [-0.05, 0) is 22.0 Å². The van der Waals surface area contributed by atoms with Gasteiger partial charge in [0.15, 0.2) is 5.13 Å². The second-order valence-corrected chi connectivity index (χ2v) is 4.93. The number of anilines is 1. The molecule has 0 saturated carbocycles. The van der Waals surface area contributed by atoms with Gasteiger partial charge in [0.05, 0.1) is 11.1 Å². The number of nitrogens with one attached hydrogen (secondary N) is 1. The molecule has 0 fully saturated rings. The largest absolute Gasteiger partial charge is 0.486 e. The van der Waals surface area contributed by atoms with E-state index in [-0.39, 0.29) is 0 Å². The third kappa shape index (κ3) is 2.91. The molecule has 0 unspecified atom stereocenters. The molecule has 2 aromatic heterocycles. The zero-order valence-corrected chi connectivity index (χ0v) is 10.6. The maximum atomic E-state index is 5.54. The van der Waals surface area contributed by atoms with Gasteiger partial charge in [-0.2, -0.15) is 0 Å². The number of nitrogens with zero attached hydrogens (tertiary/aromatic N) is 2. The molecule has 0 atom stereocenters. The SMILES string of the molecule is NNc1ncc(COc2cncc(Br)c2)s1. The van der Waals surface area contributed by atoms with Crippen molar-refractivity contribution in [1.29, 1.82) is 0 Å². The quantitative estimate of drug-likeness (QED) is 0.669. The summed E-state index contributed by atoms with van der Waals surface area (Å²) in [6, 6.07) is 1.86. The van der Waals surface area contributed by atoms with Crippen LogP contribution in [0.4, 0.5) is 5.13 Å². The van der Waals surface area contributed by atoms with E-state index in [1.165, 1.54) is 11.3 Å². The van der Waals surface area contributed by atoms with Crippen LogP contribution in [0.2, 0.25) is 0 Å². The predicted molar refractivity (Wildman–Crippen MR) is 66.2 cm³/mol. The summed E-state index contributed by atoms with van der Waals surface area (Å²) in [5.41, 5.74) is 2.49. The number of ether oxygens (including phenoxy) is 1. The number of aromatic nitrogens is 2. The molecule has 84 valence electrons. The number of thiazole rings is 1. The van der Waals surface area contributed by atoms with Crippen molar-refractivity contribution < 1.29 is 4.74 Å². The van der Waals surface area contributed by atoms with Crippen molar-refractivity contribution in [2.45, 2.75) is 6.61 Å². The second kappa shape index (κ2) is 5.24. The van der Waals surface area contributed by atoms with Crippen molar-refractivity contribution in [2.24, 2.45) is 5.84 Å². The van der Waals surface area contributed by atoms with Crippen LogP contribution in [0.3, 0.4) is 0 Å². The van der Waals surface area contributed by atoms with Gasteiger partial charge in [-0.25, -0.2) is 10.8 Å². The zero-order valence-electron chi connectivity index (χ0n) is 8.18. The fourth-order valence-corrected chi connectivity index (χ4v) is 2.05. The minimum atomic E-state index is 0.456. The molecule has 0 radical (unpaired) electrons. The summed E-state index contributed by atoms with van der Waals surface area (Å²) in [5, 5.41) is 0.672. The first-order valence-corrected chi connectivity index (χ1v) is 6.03. The molecule has 2 rings (SSSR count). The number of pyridine rings is 1. The van der Waals surface area contributed by atoms with Crippen LogP contribution in [-0.4, -0.2) is 9.97 Å². The van der Waals surface area contributed by atoms with Crippen molar-refractivity contribution in [2.75, 3.05) is 5.43 Å². The zero-order chi connectivity index (χ0) is 11.4. The van der Waals surface area contributed by atoms with Gasteiger partial charge >= 0.3 is 0 Å². The molecule has 2 heterocycles. The average molecular weight is 301 g/mol. The molecular formula is C9H9BrN4OS. The Morgan fingerprint density at radius 2 is 2.31 bits per heavy atom. The summed E-state index contributed by atoms with van der Waals surface area (Å²) in [7, 11) is 0. The number of nitrogens with two attached hydrogens (primary N) is 1. The molecule has 5 nitrogen and oxygen atoms in total. The molecule has 3 N–H and O–H groups in total. The molecule has 0 aromatic carbocycles. The summed E-state index contributed by atoms with van der Waals surface area (Å²) in [6.45, 7) is 0.456. The summed E-state index contributed by atoms with van der Waals surface area (Å²) in [4.78, 5) is 9.04. The Labute approximate surface area is 105 Å². The molecule has 0 aliphatic rings. The summed E-state index contributed by atoms with van der Waals surface area (Å²) >= 11 is 4.78. The molecule has 2 aromatic rings. The predicted octanol–water partition coefficient (Wildman–Crippen LogP) is 2.17. The van der Waals surface area contributed by atoms with Gasteiger partial charge in [0.1, 0.15) is 12.4 Å². The van der Waals surface area contributed by atoms with E-state index in [9.17, 15) is 0 Å². The van der Waals surface area contributed by atoms with Crippen LogP contribution in [0, 0.1) is 0 Å². The molecule has 0 aliphatic heterocycles. The van der Waals surface area contributed by atoms with Crippen LogP contribution in [0.5, 0.6) is 5.75 Å².